The lowest BCUT2D eigenvalue weighted by molar-refractivity contribution is -0.0923. The molecule has 0 saturated carbocycles. The van der Waals surface area contributed by atoms with Gasteiger partial charge >= 0.3 is 0 Å². The molecule has 1 aromatic heterocycles. The van der Waals surface area contributed by atoms with Crippen LogP contribution >= 0.6 is 0 Å². The van der Waals surface area contributed by atoms with E-state index in [1.807, 2.05) is 12.3 Å². The van der Waals surface area contributed by atoms with Crippen molar-refractivity contribution in [3.63, 3.8) is 0 Å². The number of hydrogen-bond acceptors (Lipinski definition) is 4. The van der Waals surface area contributed by atoms with Crippen LogP contribution in [0, 0.1) is 0 Å². The predicted octanol–water partition coefficient (Wildman–Crippen LogP) is 1.32. The highest BCUT2D eigenvalue weighted by Gasteiger charge is 2.14. The third kappa shape index (κ3) is 4.42. The van der Waals surface area contributed by atoms with E-state index in [4.69, 9.17) is 9.47 Å². The zero-order valence-electron chi connectivity index (χ0n) is 10.3. The molecule has 0 aliphatic carbocycles. The number of pyridine rings is 1. The van der Waals surface area contributed by atoms with Crippen molar-refractivity contribution in [1.82, 2.24) is 9.88 Å². The van der Waals surface area contributed by atoms with Crippen LogP contribution in [-0.2, 0) is 16.0 Å². The van der Waals surface area contributed by atoms with E-state index in [0.29, 0.717) is 0 Å². The zero-order valence-corrected chi connectivity index (χ0v) is 10.3. The standard InChI is InChI=1S/C13H20N2O2/c1-15(10-12-3-2-5-14-9-12)6-4-13-11-16-7-8-17-13/h2-3,5,9,13H,4,6-8,10-11H2,1H3. The van der Waals surface area contributed by atoms with E-state index in [0.717, 1.165) is 39.3 Å². The molecule has 1 atom stereocenters. The smallest absolute Gasteiger partial charge is 0.0821 e. The molecule has 1 aromatic rings. The van der Waals surface area contributed by atoms with Gasteiger partial charge in [-0.2, -0.15) is 0 Å². The molecule has 2 heterocycles. The molecule has 94 valence electrons. The topological polar surface area (TPSA) is 34.6 Å². The fourth-order valence-electron chi connectivity index (χ4n) is 1.95. The maximum Gasteiger partial charge on any atom is 0.0821 e. The summed E-state index contributed by atoms with van der Waals surface area (Å²) in [5.74, 6) is 0. The molecule has 4 nitrogen and oxygen atoms in total. The lowest BCUT2D eigenvalue weighted by Gasteiger charge is -2.25. The van der Waals surface area contributed by atoms with E-state index in [1.54, 1.807) is 6.20 Å². The first kappa shape index (κ1) is 12.5. The number of nitrogens with zero attached hydrogens (tertiary/aromatic N) is 2. The summed E-state index contributed by atoms with van der Waals surface area (Å²) in [4.78, 5) is 6.40. The second kappa shape index (κ2) is 6.69. The SMILES string of the molecule is CN(CCC1COCCO1)Cc1cccnc1. The normalized spacial score (nSPS) is 20.7. The van der Waals surface area contributed by atoms with Gasteiger partial charge in [-0.25, -0.2) is 0 Å². The van der Waals surface area contributed by atoms with Crippen molar-refractivity contribution in [3.05, 3.63) is 30.1 Å². The fourth-order valence-corrected chi connectivity index (χ4v) is 1.95. The van der Waals surface area contributed by atoms with Crippen molar-refractivity contribution in [1.29, 1.82) is 0 Å². The van der Waals surface area contributed by atoms with Crippen LogP contribution < -0.4 is 0 Å². The van der Waals surface area contributed by atoms with Crippen LogP contribution in [0.15, 0.2) is 24.5 Å². The van der Waals surface area contributed by atoms with Crippen molar-refractivity contribution in [2.75, 3.05) is 33.4 Å². The summed E-state index contributed by atoms with van der Waals surface area (Å²) in [5.41, 5.74) is 1.25. The zero-order chi connectivity index (χ0) is 11.9. The van der Waals surface area contributed by atoms with E-state index in [1.165, 1.54) is 5.56 Å². The van der Waals surface area contributed by atoms with E-state index in [9.17, 15) is 0 Å². The molecular formula is C13H20N2O2. The Balaban J connectivity index is 1.68. The average Bonchev–Trinajstić information content (AvgIpc) is 2.39. The number of rotatable bonds is 5. The average molecular weight is 236 g/mol. The Labute approximate surface area is 103 Å². The van der Waals surface area contributed by atoms with Gasteiger partial charge in [0.05, 0.1) is 25.9 Å². The van der Waals surface area contributed by atoms with Gasteiger partial charge in [0.2, 0.25) is 0 Å². The monoisotopic (exact) mass is 236 g/mol. The van der Waals surface area contributed by atoms with E-state index < -0.39 is 0 Å². The molecule has 17 heavy (non-hydrogen) atoms. The molecule has 0 spiro atoms. The molecule has 1 aliphatic heterocycles. The van der Waals surface area contributed by atoms with Crippen molar-refractivity contribution in [2.24, 2.45) is 0 Å². The lowest BCUT2D eigenvalue weighted by Crippen LogP contribution is -2.32. The first-order valence-corrected chi connectivity index (χ1v) is 6.11. The Kier molecular flexibility index (Phi) is 4.91. The maximum atomic E-state index is 5.61. The predicted molar refractivity (Wildman–Crippen MR) is 65.7 cm³/mol. The summed E-state index contributed by atoms with van der Waals surface area (Å²) in [5, 5.41) is 0. The van der Waals surface area contributed by atoms with Crippen LogP contribution in [0.25, 0.3) is 0 Å². The summed E-state index contributed by atoms with van der Waals surface area (Å²) in [6.07, 6.45) is 5.00. The first-order chi connectivity index (χ1) is 8.34. The van der Waals surface area contributed by atoms with Crippen LogP contribution in [0.1, 0.15) is 12.0 Å². The van der Waals surface area contributed by atoms with E-state index in [-0.39, 0.29) is 6.10 Å². The second-order valence-corrected chi connectivity index (χ2v) is 4.46. The van der Waals surface area contributed by atoms with E-state index in [2.05, 4.69) is 23.0 Å². The minimum Gasteiger partial charge on any atom is -0.376 e. The van der Waals surface area contributed by atoms with Gasteiger partial charge in [0.1, 0.15) is 0 Å². The third-order valence-corrected chi connectivity index (χ3v) is 2.89. The Morgan fingerprint density at radius 3 is 3.12 bits per heavy atom. The Bertz CT molecular complexity index is 312. The number of hydrogen-bond donors (Lipinski definition) is 0. The Morgan fingerprint density at radius 2 is 2.41 bits per heavy atom. The van der Waals surface area contributed by atoms with Gasteiger partial charge in [-0.05, 0) is 25.1 Å². The minimum absolute atomic E-state index is 0.264. The van der Waals surface area contributed by atoms with Crippen LogP contribution in [0.3, 0.4) is 0 Å². The third-order valence-electron chi connectivity index (χ3n) is 2.89. The highest BCUT2D eigenvalue weighted by molar-refractivity contribution is 5.07. The molecule has 1 saturated heterocycles. The number of ether oxygens (including phenoxy) is 2. The van der Waals surface area contributed by atoms with Crippen molar-refractivity contribution >= 4 is 0 Å². The van der Waals surface area contributed by atoms with Gasteiger partial charge in [-0.3, -0.25) is 4.98 Å². The second-order valence-electron chi connectivity index (χ2n) is 4.46. The van der Waals surface area contributed by atoms with Crippen molar-refractivity contribution < 1.29 is 9.47 Å². The van der Waals surface area contributed by atoms with E-state index >= 15 is 0 Å². The molecule has 4 heteroatoms. The first-order valence-electron chi connectivity index (χ1n) is 6.11. The van der Waals surface area contributed by atoms with Gasteiger partial charge in [0, 0.05) is 25.5 Å². The highest BCUT2D eigenvalue weighted by Crippen LogP contribution is 2.07. The molecule has 2 rings (SSSR count). The van der Waals surface area contributed by atoms with Gasteiger partial charge in [-0.15, -0.1) is 0 Å². The Morgan fingerprint density at radius 1 is 1.47 bits per heavy atom. The highest BCUT2D eigenvalue weighted by atomic mass is 16.6. The summed E-state index contributed by atoms with van der Waals surface area (Å²) in [7, 11) is 2.12. The van der Waals surface area contributed by atoms with Crippen LogP contribution in [0.2, 0.25) is 0 Å². The van der Waals surface area contributed by atoms with Gasteiger partial charge in [0.25, 0.3) is 0 Å². The fraction of sp³-hybridized carbons (Fsp3) is 0.615. The summed E-state index contributed by atoms with van der Waals surface area (Å²) in [6.45, 7) is 4.16. The molecule has 0 N–H and O–H groups in total. The van der Waals surface area contributed by atoms with Gasteiger partial charge in [0.15, 0.2) is 0 Å². The van der Waals surface area contributed by atoms with Gasteiger partial charge < -0.3 is 14.4 Å². The molecule has 1 unspecified atom stereocenters. The van der Waals surface area contributed by atoms with Crippen LogP contribution in [0.5, 0.6) is 0 Å². The quantitative estimate of drug-likeness (QED) is 0.772. The molecule has 0 amide bonds. The molecule has 0 bridgehead atoms. The molecule has 1 aliphatic rings. The summed E-state index contributed by atoms with van der Waals surface area (Å²) < 4.78 is 11.0. The molecule has 0 aromatic carbocycles. The van der Waals surface area contributed by atoms with Crippen LogP contribution in [0.4, 0.5) is 0 Å². The largest absolute Gasteiger partial charge is 0.376 e. The van der Waals surface area contributed by atoms with Crippen LogP contribution in [-0.4, -0.2) is 49.4 Å². The minimum atomic E-state index is 0.264. The molecule has 0 radical (unpaired) electrons. The molecule has 1 fully saturated rings. The van der Waals surface area contributed by atoms with Crippen molar-refractivity contribution in [3.8, 4) is 0 Å². The molecular weight excluding hydrogens is 216 g/mol. The lowest BCUT2D eigenvalue weighted by atomic mass is 10.2. The van der Waals surface area contributed by atoms with Crippen molar-refractivity contribution in [2.45, 2.75) is 19.1 Å². The Hall–Kier alpha value is -0.970. The number of aromatic nitrogens is 1. The van der Waals surface area contributed by atoms with Gasteiger partial charge in [-0.1, -0.05) is 6.07 Å². The summed E-state index contributed by atoms with van der Waals surface area (Å²) >= 11 is 0. The maximum absolute atomic E-state index is 5.61. The summed E-state index contributed by atoms with van der Waals surface area (Å²) in [6, 6.07) is 4.07.